The van der Waals surface area contributed by atoms with Gasteiger partial charge < -0.3 is 5.11 Å². The van der Waals surface area contributed by atoms with Gasteiger partial charge in [0.25, 0.3) is 5.91 Å². The van der Waals surface area contributed by atoms with Crippen LogP contribution in [-0.2, 0) is 9.59 Å². The number of nitrogens with zero attached hydrogens (tertiary/aromatic N) is 4. The van der Waals surface area contributed by atoms with Crippen molar-refractivity contribution < 1.29 is 24.1 Å². The normalized spacial score (nSPS) is 21.5. The number of urea groups is 1. The minimum atomic E-state index is -1.07. The van der Waals surface area contributed by atoms with Gasteiger partial charge in [-0.25, -0.2) is 14.2 Å². The standard InChI is InChI=1S/C13H19N5O4/c1-7(2)5-14-12-15-10-9(18(12)6-8(19)20)11(21)17(4)13(22)16(10)3/h7,9H,5-6H2,1-4H3,(H,19,20)/p+1. The van der Waals surface area contributed by atoms with Crippen LogP contribution in [0.3, 0.4) is 0 Å². The Kier molecular flexibility index (Phi) is 4.16. The Hall–Kier alpha value is -2.45. The van der Waals surface area contributed by atoms with Crippen LogP contribution >= 0.6 is 0 Å². The minimum Gasteiger partial charge on any atom is -0.479 e. The molecule has 1 unspecified atom stereocenters. The Bertz CT molecular complexity index is 595. The minimum absolute atomic E-state index is 0.251. The van der Waals surface area contributed by atoms with Crippen molar-refractivity contribution >= 4 is 29.7 Å². The number of aliphatic carboxylic acids is 1. The van der Waals surface area contributed by atoms with Gasteiger partial charge in [-0.1, -0.05) is 18.8 Å². The third-order valence-corrected chi connectivity index (χ3v) is 3.50. The molecule has 0 aliphatic carbocycles. The number of carbonyl (C=O) groups excluding carboxylic acids is 2. The number of hydrogen-bond acceptors (Lipinski definition) is 5. The molecule has 0 aromatic carbocycles. The summed E-state index contributed by atoms with van der Waals surface area (Å²) in [6, 6.07) is -1.38. The Balaban J connectivity index is 2.40. The van der Waals surface area contributed by atoms with E-state index in [9.17, 15) is 14.4 Å². The summed E-state index contributed by atoms with van der Waals surface area (Å²) in [6.45, 7) is 4.20. The van der Waals surface area contributed by atoms with E-state index in [1.807, 2.05) is 13.8 Å². The number of rotatable bonds is 4. The topological polar surface area (TPSA) is 105 Å². The lowest BCUT2D eigenvalue weighted by atomic mass is 10.1. The maximum Gasteiger partial charge on any atom is 0.390 e. The number of fused-ring (bicyclic) bond motifs is 1. The second-order valence-corrected chi connectivity index (χ2v) is 5.73. The number of amides is 3. The highest BCUT2D eigenvalue weighted by molar-refractivity contribution is 6.22. The highest BCUT2D eigenvalue weighted by atomic mass is 16.4. The number of carbonyl (C=O) groups is 3. The van der Waals surface area contributed by atoms with E-state index in [1.165, 1.54) is 23.6 Å². The summed E-state index contributed by atoms with van der Waals surface area (Å²) in [4.78, 5) is 42.0. The van der Waals surface area contributed by atoms with Crippen LogP contribution in [0.1, 0.15) is 13.8 Å². The molecule has 0 bridgehead atoms. The maximum absolute atomic E-state index is 12.4. The number of nitrogens with one attached hydrogen (secondary N) is 1. The number of imide groups is 1. The quantitative estimate of drug-likeness (QED) is 0.647. The van der Waals surface area contributed by atoms with Crippen molar-refractivity contribution in [1.82, 2.24) is 15.1 Å². The van der Waals surface area contributed by atoms with E-state index in [4.69, 9.17) is 5.11 Å². The van der Waals surface area contributed by atoms with Crippen molar-refractivity contribution in [3.63, 3.8) is 0 Å². The fourth-order valence-corrected chi connectivity index (χ4v) is 2.35. The first-order valence-electron chi connectivity index (χ1n) is 6.97. The van der Waals surface area contributed by atoms with E-state index in [2.05, 4.69) is 10.3 Å². The number of carboxylic acid groups (broad SMARTS) is 1. The average Bonchev–Trinajstić information content (AvgIpc) is 2.78. The van der Waals surface area contributed by atoms with Crippen LogP contribution in [-0.4, -0.2) is 82.4 Å². The number of aliphatic imine (C=N–C) groups is 1. The molecule has 2 aliphatic rings. The van der Waals surface area contributed by atoms with Gasteiger partial charge in [0.15, 0.2) is 6.54 Å². The number of carboxylic acids is 1. The van der Waals surface area contributed by atoms with E-state index in [1.54, 1.807) is 0 Å². The molecule has 9 nitrogen and oxygen atoms in total. The molecular formula is C13H20N5O4+. The van der Waals surface area contributed by atoms with Gasteiger partial charge in [-0.15, -0.1) is 0 Å². The summed E-state index contributed by atoms with van der Waals surface area (Å²) < 4.78 is 1.38. The molecule has 2 aliphatic heterocycles. The van der Waals surface area contributed by atoms with Crippen molar-refractivity contribution in [3.05, 3.63) is 0 Å². The van der Waals surface area contributed by atoms with Crippen LogP contribution in [0, 0.1) is 5.92 Å². The van der Waals surface area contributed by atoms with Crippen molar-refractivity contribution in [2.45, 2.75) is 19.9 Å². The summed E-state index contributed by atoms with van der Waals surface area (Å²) in [5.74, 6) is -0.681. The molecule has 0 saturated carbocycles. The lowest BCUT2D eigenvalue weighted by Gasteiger charge is -2.31. The molecule has 3 amide bonds. The Morgan fingerprint density at radius 2 is 2.00 bits per heavy atom. The molecule has 0 aromatic rings. The molecule has 1 atom stereocenters. The zero-order chi connectivity index (χ0) is 16.6. The molecule has 120 valence electrons. The van der Waals surface area contributed by atoms with Crippen molar-refractivity contribution in [1.29, 1.82) is 0 Å². The zero-order valence-corrected chi connectivity index (χ0v) is 13.0. The number of hydrogen-bond donors (Lipinski definition) is 2. The van der Waals surface area contributed by atoms with Crippen LogP contribution in [0.4, 0.5) is 4.79 Å². The third kappa shape index (κ3) is 2.66. The van der Waals surface area contributed by atoms with Gasteiger partial charge in [0, 0.05) is 14.1 Å². The average molecular weight is 310 g/mol. The van der Waals surface area contributed by atoms with Gasteiger partial charge in [0.2, 0.25) is 11.9 Å². The number of guanidine groups is 1. The molecule has 0 spiro atoms. The highest BCUT2D eigenvalue weighted by Gasteiger charge is 2.51. The Morgan fingerprint density at radius 1 is 1.36 bits per heavy atom. The summed E-state index contributed by atoms with van der Waals surface area (Å²) in [6.07, 6.45) is 0. The van der Waals surface area contributed by atoms with E-state index >= 15 is 0 Å². The molecule has 2 heterocycles. The lowest BCUT2D eigenvalue weighted by molar-refractivity contribution is -0.527. The second kappa shape index (κ2) is 5.74. The predicted molar refractivity (Wildman–Crippen MR) is 77.8 cm³/mol. The Morgan fingerprint density at radius 3 is 2.55 bits per heavy atom. The summed E-state index contributed by atoms with van der Waals surface area (Å²) in [7, 11) is 2.89. The first-order valence-corrected chi connectivity index (χ1v) is 6.97. The fourth-order valence-electron chi connectivity index (χ4n) is 2.35. The van der Waals surface area contributed by atoms with Gasteiger partial charge in [-0.3, -0.25) is 19.9 Å². The van der Waals surface area contributed by atoms with E-state index < -0.39 is 23.9 Å². The van der Waals surface area contributed by atoms with Gasteiger partial charge in [-0.2, -0.15) is 0 Å². The van der Waals surface area contributed by atoms with Gasteiger partial charge >= 0.3 is 18.0 Å². The monoisotopic (exact) mass is 310 g/mol. The third-order valence-electron chi connectivity index (χ3n) is 3.50. The molecule has 0 radical (unpaired) electrons. The van der Waals surface area contributed by atoms with Gasteiger partial charge in [-0.05, 0) is 5.92 Å². The summed E-state index contributed by atoms with van der Waals surface area (Å²) in [5.41, 5.74) is 0. The highest BCUT2D eigenvalue weighted by Crippen LogP contribution is 2.18. The van der Waals surface area contributed by atoms with Crippen LogP contribution in [0.15, 0.2) is 4.99 Å². The molecule has 0 aromatic heterocycles. The molecular weight excluding hydrogens is 290 g/mol. The molecule has 2 rings (SSSR count). The van der Waals surface area contributed by atoms with Gasteiger partial charge in [0.05, 0.1) is 6.54 Å². The van der Waals surface area contributed by atoms with E-state index in [0.717, 1.165) is 4.90 Å². The van der Waals surface area contributed by atoms with Crippen molar-refractivity contribution in [2.75, 3.05) is 27.2 Å². The summed E-state index contributed by atoms with van der Waals surface area (Å²) in [5, 5.41) is 12.1. The van der Waals surface area contributed by atoms with Crippen molar-refractivity contribution in [3.8, 4) is 0 Å². The smallest absolute Gasteiger partial charge is 0.390 e. The number of amidine groups is 1. The first-order chi connectivity index (χ1) is 10.2. The van der Waals surface area contributed by atoms with E-state index in [-0.39, 0.29) is 12.4 Å². The SMILES string of the molecule is CC(C)CNC1=[N+](CC(=O)O)C2C(=O)N(C)C(=O)N(C)C2=N1. The molecule has 1 saturated heterocycles. The molecule has 2 N–H and O–H groups in total. The lowest BCUT2D eigenvalue weighted by Crippen LogP contribution is -2.62. The molecule has 22 heavy (non-hydrogen) atoms. The van der Waals surface area contributed by atoms with Crippen LogP contribution in [0.2, 0.25) is 0 Å². The summed E-state index contributed by atoms with van der Waals surface area (Å²) >= 11 is 0. The van der Waals surface area contributed by atoms with Gasteiger partial charge in [0.1, 0.15) is 0 Å². The van der Waals surface area contributed by atoms with Crippen molar-refractivity contribution in [2.24, 2.45) is 10.9 Å². The maximum atomic E-state index is 12.4. The predicted octanol–water partition coefficient (Wildman–Crippen LogP) is -1.01. The fraction of sp³-hybridized carbons (Fsp3) is 0.615. The Labute approximate surface area is 127 Å². The van der Waals surface area contributed by atoms with Crippen LogP contribution in [0.25, 0.3) is 0 Å². The molecule has 9 heteroatoms. The molecule has 1 fully saturated rings. The largest absolute Gasteiger partial charge is 0.479 e. The zero-order valence-electron chi connectivity index (χ0n) is 13.0. The first kappa shape index (κ1) is 15.9. The second-order valence-electron chi connectivity index (χ2n) is 5.73. The number of likely N-dealkylation sites (N-methyl/N-ethyl adjacent to an activating group) is 2. The van der Waals surface area contributed by atoms with Crippen LogP contribution < -0.4 is 5.32 Å². The van der Waals surface area contributed by atoms with E-state index in [0.29, 0.717) is 18.4 Å². The van der Waals surface area contributed by atoms with Crippen LogP contribution in [0.5, 0.6) is 0 Å².